The number of benzene rings is 4. The number of carboxylic acid groups (broad SMARTS) is 1. The number of aromatic nitrogens is 2. The molecule has 1 unspecified atom stereocenters. The zero-order chi connectivity index (χ0) is 34.1. The molecule has 7 nitrogen and oxygen atoms in total. The van der Waals surface area contributed by atoms with Crippen molar-refractivity contribution in [2.75, 3.05) is 6.61 Å². The fourth-order valence-corrected chi connectivity index (χ4v) is 4.90. The van der Waals surface area contributed by atoms with Gasteiger partial charge in [0.2, 0.25) is 0 Å². The number of hydrogen-bond acceptors (Lipinski definition) is 5. The molecule has 0 saturated carbocycles. The van der Waals surface area contributed by atoms with Crippen molar-refractivity contribution in [3.8, 4) is 29.0 Å². The van der Waals surface area contributed by atoms with Crippen LogP contribution in [0, 0.1) is 23.6 Å². The average molecular weight is 657 g/mol. The zero-order valence-corrected chi connectivity index (χ0v) is 25.3. The fourth-order valence-electron chi connectivity index (χ4n) is 4.90. The maximum atomic E-state index is 14.3. The van der Waals surface area contributed by atoms with Crippen molar-refractivity contribution >= 4 is 12.0 Å². The Morgan fingerprint density at radius 3 is 2.33 bits per heavy atom. The first-order valence-corrected chi connectivity index (χ1v) is 14.8. The molecule has 0 bridgehead atoms. The van der Waals surface area contributed by atoms with Gasteiger partial charge in [0.15, 0.2) is 5.82 Å². The number of aryl methyl sites for hydroxylation is 1. The number of rotatable bonds is 11. The van der Waals surface area contributed by atoms with Crippen LogP contribution in [0.4, 0.5) is 17.6 Å². The molecule has 5 rings (SSSR count). The number of nitrogens with zero attached hydrogens (tertiary/aromatic N) is 1. The van der Waals surface area contributed by atoms with Crippen LogP contribution in [0.15, 0.2) is 106 Å². The molecule has 0 saturated heterocycles. The van der Waals surface area contributed by atoms with Gasteiger partial charge in [0.25, 0.3) is 0 Å². The summed E-state index contributed by atoms with van der Waals surface area (Å²) in [5.74, 6) is 4.08. The lowest BCUT2D eigenvalue weighted by molar-refractivity contribution is -0.137. The molecular formula is C37H28F4N2O5. The molecule has 0 spiro atoms. The number of H-pyrrole nitrogens is 1. The van der Waals surface area contributed by atoms with Gasteiger partial charge in [-0.15, -0.1) is 0 Å². The maximum Gasteiger partial charge on any atom is 0.439 e. The molecule has 1 aromatic heterocycles. The second-order valence-corrected chi connectivity index (χ2v) is 10.9. The van der Waals surface area contributed by atoms with Crippen LogP contribution in [0.5, 0.6) is 5.75 Å². The number of aromatic carboxylic acids is 1. The zero-order valence-electron chi connectivity index (χ0n) is 25.3. The monoisotopic (exact) mass is 656 g/mol. The first-order chi connectivity index (χ1) is 23.0. The molecule has 1 heterocycles. The number of aromatic amines is 1. The smallest absolute Gasteiger partial charge is 0.439 e. The molecular weight excluding hydrogens is 628 g/mol. The highest BCUT2D eigenvalue weighted by Gasteiger charge is 2.29. The van der Waals surface area contributed by atoms with Crippen LogP contribution in [0.25, 0.3) is 17.5 Å². The molecule has 0 fully saturated rings. The highest BCUT2D eigenvalue weighted by Crippen LogP contribution is 2.29. The van der Waals surface area contributed by atoms with Crippen LogP contribution in [-0.4, -0.2) is 27.8 Å². The van der Waals surface area contributed by atoms with Gasteiger partial charge in [-0.1, -0.05) is 65.5 Å². The van der Waals surface area contributed by atoms with Crippen molar-refractivity contribution in [2.24, 2.45) is 5.92 Å². The minimum Gasteiger partial charge on any atom is -0.480 e. The molecule has 2 N–H and O–H groups in total. The van der Waals surface area contributed by atoms with E-state index in [1.54, 1.807) is 30.3 Å². The highest BCUT2D eigenvalue weighted by atomic mass is 19.4. The Hall–Kier alpha value is -5.89. The number of halogens is 4. The first kappa shape index (κ1) is 33.5. The summed E-state index contributed by atoms with van der Waals surface area (Å²) in [5, 5.41) is 13.0. The Labute approximate surface area is 272 Å². The SMILES string of the molecule is O=C(O)c1ccc(CC(/C=C/c2cc(F)ccc2OCC#Cc2ccc(C(F)(F)F)cc2)CCc2ccc(-c3noc(=O)[nH]3)cc2)cc1. The van der Waals surface area contributed by atoms with Crippen molar-refractivity contribution in [3.05, 3.63) is 147 Å². The second kappa shape index (κ2) is 15.1. The molecule has 0 aliphatic rings. The predicted octanol–water partition coefficient (Wildman–Crippen LogP) is 7.82. The third-order valence-corrected chi connectivity index (χ3v) is 7.43. The van der Waals surface area contributed by atoms with Gasteiger partial charge in [-0.2, -0.15) is 13.2 Å². The minimum atomic E-state index is -4.43. The number of nitrogens with one attached hydrogen (secondary N) is 1. The van der Waals surface area contributed by atoms with E-state index in [-0.39, 0.29) is 18.1 Å². The molecule has 0 aliphatic heterocycles. The number of hydrogen-bond donors (Lipinski definition) is 2. The van der Waals surface area contributed by atoms with Crippen LogP contribution in [0.1, 0.15) is 44.6 Å². The second-order valence-electron chi connectivity index (χ2n) is 10.9. The van der Waals surface area contributed by atoms with E-state index in [2.05, 4.69) is 26.5 Å². The van der Waals surface area contributed by atoms with Crippen molar-refractivity contribution < 1.29 is 36.7 Å². The lowest BCUT2D eigenvalue weighted by Crippen LogP contribution is -2.05. The van der Waals surface area contributed by atoms with Gasteiger partial charge < -0.3 is 9.84 Å². The van der Waals surface area contributed by atoms with E-state index in [9.17, 15) is 32.3 Å². The summed E-state index contributed by atoms with van der Waals surface area (Å²) in [7, 11) is 0. The molecule has 0 amide bonds. The van der Waals surface area contributed by atoms with Gasteiger partial charge in [0.1, 0.15) is 18.2 Å². The first-order valence-electron chi connectivity index (χ1n) is 14.8. The van der Waals surface area contributed by atoms with Gasteiger partial charge in [0, 0.05) is 16.7 Å². The summed E-state index contributed by atoms with van der Waals surface area (Å²) in [6, 6.07) is 22.7. The molecule has 4 aromatic carbocycles. The number of carboxylic acids is 1. The normalized spacial score (nSPS) is 12.0. The van der Waals surface area contributed by atoms with Crippen LogP contribution in [-0.2, 0) is 19.0 Å². The van der Waals surface area contributed by atoms with Crippen molar-refractivity contribution in [1.82, 2.24) is 10.1 Å². The van der Waals surface area contributed by atoms with Crippen molar-refractivity contribution in [3.63, 3.8) is 0 Å². The standard InChI is InChI=1S/C37H28F4N2O5/c38-32-19-20-33(47-21-1-2-24-10-17-31(18-11-24)37(39,40)41)30(23-32)16-9-26(22-27-7-14-29(15-8-27)35(44)45)4-3-25-5-12-28(13-6-25)34-42-36(46)48-43-34/h5-20,23,26H,3-4,21-22H2,(H,44,45)(H,42,43,46)/b16-9+. The summed E-state index contributed by atoms with van der Waals surface area (Å²) >= 11 is 0. The Morgan fingerprint density at radius 1 is 0.979 bits per heavy atom. The van der Waals surface area contributed by atoms with E-state index < -0.39 is 29.3 Å². The summed E-state index contributed by atoms with van der Waals surface area (Å²) in [4.78, 5) is 25.1. The average Bonchev–Trinajstić information content (AvgIpc) is 3.51. The largest absolute Gasteiger partial charge is 0.480 e. The molecule has 48 heavy (non-hydrogen) atoms. The van der Waals surface area contributed by atoms with Gasteiger partial charge in [-0.25, -0.2) is 14.0 Å². The maximum absolute atomic E-state index is 14.3. The van der Waals surface area contributed by atoms with Gasteiger partial charge >= 0.3 is 17.9 Å². The Morgan fingerprint density at radius 2 is 1.69 bits per heavy atom. The van der Waals surface area contributed by atoms with Gasteiger partial charge in [-0.3, -0.25) is 9.51 Å². The molecule has 0 aliphatic carbocycles. The fraction of sp³-hybridized carbons (Fsp3) is 0.162. The molecule has 5 aromatic rings. The van der Waals surface area contributed by atoms with E-state index in [0.717, 1.165) is 23.3 Å². The Bertz CT molecular complexity index is 2000. The number of allylic oxidation sites excluding steroid dienone is 1. The third kappa shape index (κ3) is 9.33. The van der Waals surface area contributed by atoms with E-state index in [1.165, 1.54) is 30.3 Å². The van der Waals surface area contributed by atoms with Gasteiger partial charge in [-0.05, 0) is 90.9 Å². The van der Waals surface area contributed by atoms with Crippen molar-refractivity contribution in [1.29, 1.82) is 0 Å². The third-order valence-electron chi connectivity index (χ3n) is 7.43. The highest BCUT2D eigenvalue weighted by molar-refractivity contribution is 5.87. The van der Waals surface area contributed by atoms with E-state index in [4.69, 9.17) is 4.74 Å². The lowest BCUT2D eigenvalue weighted by Gasteiger charge is -2.14. The molecule has 0 radical (unpaired) electrons. The summed E-state index contributed by atoms with van der Waals surface area (Å²) in [6.45, 7) is -0.0783. The molecule has 11 heteroatoms. The number of carbonyl (C=O) groups is 1. The van der Waals surface area contributed by atoms with E-state index in [1.807, 2.05) is 30.3 Å². The quantitative estimate of drug-likeness (QED) is 0.111. The van der Waals surface area contributed by atoms with Crippen LogP contribution in [0.2, 0.25) is 0 Å². The molecule has 244 valence electrons. The van der Waals surface area contributed by atoms with Crippen molar-refractivity contribution in [2.45, 2.75) is 25.4 Å². The predicted molar refractivity (Wildman–Crippen MR) is 171 cm³/mol. The molecule has 1 atom stereocenters. The Balaban J connectivity index is 1.30. The van der Waals surface area contributed by atoms with Crippen LogP contribution in [0.3, 0.4) is 0 Å². The van der Waals surface area contributed by atoms with Crippen LogP contribution >= 0.6 is 0 Å². The minimum absolute atomic E-state index is 0.0390. The van der Waals surface area contributed by atoms with Gasteiger partial charge in [0.05, 0.1) is 11.1 Å². The van der Waals surface area contributed by atoms with E-state index >= 15 is 0 Å². The topological polar surface area (TPSA) is 105 Å². The number of ether oxygens (including phenoxy) is 1. The summed E-state index contributed by atoms with van der Waals surface area (Å²) < 4.78 is 63.1. The Kier molecular flexibility index (Phi) is 10.6. The van der Waals surface area contributed by atoms with Crippen LogP contribution < -0.4 is 10.5 Å². The summed E-state index contributed by atoms with van der Waals surface area (Å²) in [5.41, 5.74) is 2.95. The number of alkyl halides is 3. The van der Waals surface area contributed by atoms with E-state index in [0.29, 0.717) is 47.5 Å². The lowest BCUT2D eigenvalue weighted by atomic mass is 9.91. The summed E-state index contributed by atoms with van der Waals surface area (Å²) in [6.07, 6.45) is 1.25.